The Hall–Kier alpha value is -1.98. The third kappa shape index (κ3) is 2.70. The monoisotopic (exact) mass is 413 g/mol. The van der Waals surface area contributed by atoms with Crippen molar-refractivity contribution in [2.75, 3.05) is 11.9 Å². The molecule has 4 nitrogen and oxygen atoms in total. The van der Waals surface area contributed by atoms with E-state index in [0.717, 1.165) is 23.7 Å². The van der Waals surface area contributed by atoms with E-state index in [9.17, 15) is 14.7 Å². The molecule has 1 heterocycles. The number of ketones is 1. The number of anilines is 1. The van der Waals surface area contributed by atoms with Crippen molar-refractivity contribution in [3.63, 3.8) is 0 Å². The third-order valence-electron chi connectivity index (χ3n) is 5.51. The largest absolute Gasteiger partial charge is 0.375 e. The number of hydrogen-bond acceptors (Lipinski definition) is 3. The highest BCUT2D eigenvalue weighted by Crippen LogP contribution is 2.43. The average Bonchev–Trinajstić information content (AvgIpc) is 2.82. The molecule has 0 radical (unpaired) electrons. The van der Waals surface area contributed by atoms with E-state index in [0.29, 0.717) is 16.8 Å². The van der Waals surface area contributed by atoms with Gasteiger partial charge in [-0.3, -0.25) is 9.59 Å². The fraction of sp³-hybridized carbons (Fsp3) is 0.333. The van der Waals surface area contributed by atoms with Crippen LogP contribution in [-0.2, 0) is 23.2 Å². The average molecular weight is 414 g/mol. The zero-order chi connectivity index (χ0) is 18.5. The molecule has 0 bridgehead atoms. The van der Waals surface area contributed by atoms with Gasteiger partial charge in [-0.1, -0.05) is 28.1 Å². The number of halogens is 1. The number of aryl methyl sites for hydroxylation is 2. The summed E-state index contributed by atoms with van der Waals surface area (Å²) >= 11 is 3.38. The Morgan fingerprint density at radius 3 is 2.65 bits per heavy atom. The molecule has 134 valence electrons. The summed E-state index contributed by atoms with van der Waals surface area (Å²) < 4.78 is 0.763. The van der Waals surface area contributed by atoms with Gasteiger partial charge in [0.05, 0.1) is 12.1 Å². The maximum absolute atomic E-state index is 12.9. The quantitative estimate of drug-likeness (QED) is 0.779. The molecule has 26 heavy (non-hydrogen) atoms. The Balaban J connectivity index is 1.67. The normalized spacial score (nSPS) is 21.5. The second-order valence-corrected chi connectivity index (χ2v) is 8.09. The number of Topliss-reactive ketones (excluding diaryl/α,β-unsaturated/α-hetero) is 1. The molecule has 1 atom stereocenters. The Bertz CT molecular complexity index is 923. The van der Waals surface area contributed by atoms with Crippen LogP contribution in [0.1, 0.15) is 46.3 Å². The van der Waals surface area contributed by atoms with Gasteiger partial charge in [-0.15, -0.1) is 0 Å². The molecule has 2 aromatic rings. The van der Waals surface area contributed by atoms with Gasteiger partial charge < -0.3 is 10.0 Å². The highest BCUT2D eigenvalue weighted by atomic mass is 79.9. The van der Waals surface area contributed by atoms with E-state index in [1.54, 1.807) is 19.2 Å². The molecule has 1 aliphatic carbocycles. The summed E-state index contributed by atoms with van der Waals surface area (Å²) in [4.78, 5) is 27.0. The lowest BCUT2D eigenvalue weighted by Crippen LogP contribution is -2.40. The summed E-state index contributed by atoms with van der Waals surface area (Å²) in [6, 6.07) is 11.1. The Kier molecular flexibility index (Phi) is 4.24. The van der Waals surface area contributed by atoms with E-state index in [2.05, 4.69) is 15.9 Å². The molecular formula is C21H20BrNO3. The first kappa shape index (κ1) is 17.4. The van der Waals surface area contributed by atoms with Crippen LogP contribution in [0, 0.1) is 0 Å². The molecule has 0 saturated heterocycles. The van der Waals surface area contributed by atoms with Crippen LogP contribution < -0.4 is 4.90 Å². The first-order chi connectivity index (χ1) is 12.4. The van der Waals surface area contributed by atoms with Gasteiger partial charge >= 0.3 is 0 Å². The van der Waals surface area contributed by atoms with Crippen molar-refractivity contribution in [1.29, 1.82) is 0 Å². The van der Waals surface area contributed by atoms with Gasteiger partial charge in [0.25, 0.3) is 5.91 Å². The topological polar surface area (TPSA) is 57.6 Å². The summed E-state index contributed by atoms with van der Waals surface area (Å²) in [7, 11) is 1.62. The highest BCUT2D eigenvalue weighted by molar-refractivity contribution is 9.10. The summed E-state index contributed by atoms with van der Waals surface area (Å²) in [5.41, 5.74) is 2.38. The third-order valence-corrected chi connectivity index (χ3v) is 6.00. The first-order valence-corrected chi connectivity index (χ1v) is 9.65. The first-order valence-electron chi connectivity index (χ1n) is 8.86. The van der Waals surface area contributed by atoms with E-state index in [-0.39, 0.29) is 12.2 Å². The number of amides is 1. The summed E-state index contributed by atoms with van der Waals surface area (Å²) in [5.74, 6) is -0.674. The highest BCUT2D eigenvalue weighted by Gasteiger charge is 2.49. The minimum absolute atomic E-state index is 0.213. The molecule has 5 heteroatoms. The number of nitrogens with zero attached hydrogens (tertiary/aromatic N) is 1. The van der Waals surface area contributed by atoms with Gasteiger partial charge in [-0.05, 0) is 61.1 Å². The van der Waals surface area contributed by atoms with E-state index in [4.69, 9.17) is 0 Å². The molecule has 1 N–H and O–H groups in total. The molecule has 4 rings (SSSR count). The number of carbonyl (C=O) groups excluding carboxylic acids is 2. The molecule has 0 aromatic heterocycles. The van der Waals surface area contributed by atoms with Crippen LogP contribution in [0.5, 0.6) is 0 Å². The number of benzene rings is 2. The fourth-order valence-corrected chi connectivity index (χ4v) is 4.41. The smallest absolute Gasteiger partial charge is 0.263 e. The molecule has 0 unspecified atom stereocenters. The Morgan fingerprint density at radius 1 is 1.15 bits per heavy atom. The zero-order valence-electron chi connectivity index (χ0n) is 14.6. The van der Waals surface area contributed by atoms with Gasteiger partial charge in [0.1, 0.15) is 0 Å². The van der Waals surface area contributed by atoms with Gasteiger partial charge in [-0.2, -0.15) is 0 Å². The molecule has 2 aromatic carbocycles. The van der Waals surface area contributed by atoms with Crippen molar-refractivity contribution in [1.82, 2.24) is 0 Å². The van der Waals surface area contributed by atoms with E-state index in [1.165, 1.54) is 22.4 Å². The lowest BCUT2D eigenvalue weighted by atomic mass is 9.85. The van der Waals surface area contributed by atoms with Crippen molar-refractivity contribution in [2.24, 2.45) is 0 Å². The molecule has 1 amide bonds. The SMILES string of the molecule is CN1C(=O)[C@@](O)(CC(=O)c2ccc3c(c2)CCCC3)c2cc(Br)ccc21. The van der Waals surface area contributed by atoms with Crippen molar-refractivity contribution >= 4 is 33.3 Å². The second kappa shape index (κ2) is 6.32. The lowest BCUT2D eigenvalue weighted by molar-refractivity contribution is -0.135. The molecular weight excluding hydrogens is 394 g/mol. The standard InChI is InChI=1S/C21H20BrNO3/c1-23-18-9-8-16(22)11-17(18)21(26,20(23)25)12-19(24)15-7-6-13-4-2-3-5-14(13)10-15/h6-11,26H,2-5,12H2,1H3/t21-/m1/s1. The molecule has 0 fully saturated rings. The predicted octanol–water partition coefficient (Wildman–Crippen LogP) is 3.76. The predicted molar refractivity (Wildman–Crippen MR) is 103 cm³/mol. The van der Waals surface area contributed by atoms with Gasteiger partial charge in [0.2, 0.25) is 0 Å². The van der Waals surface area contributed by atoms with Crippen LogP contribution in [0.25, 0.3) is 0 Å². The van der Waals surface area contributed by atoms with E-state index >= 15 is 0 Å². The van der Waals surface area contributed by atoms with Crippen molar-refractivity contribution in [2.45, 2.75) is 37.7 Å². The number of likely N-dealkylation sites (N-methyl/N-ethyl adjacent to an activating group) is 1. The molecule has 2 aliphatic rings. The molecule has 0 saturated carbocycles. The van der Waals surface area contributed by atoms with Crippen LogP contribution in [0.2, 0.25) is 0 Å². The zero-order valence-corrected chi connectivity index (χ0v) is 16.2. The van der Waals surface area contributed by atoms with Crippen LogP contribution in [0.4, 0.5) is 5.69 Å². The van der Waals surface area contributed by atoms with Crippen molar-refractivity contribution < 1.29 is 14.7 Å². The Morgan fingerprint density at radius 2 is 1.88 bits per heavy atom. The molecule has 0 spiro atoms. The number of hydrogen-bond donors (Lipinski definition) is 1. The number of rotatable bonds is 3. The summed E-state index contributed by atoms with van der Waals surface area (Å²) in [5, 5.41) is 11.1. The molecule has 1 aliphatic heterocycles. The number of carbonyl (C=O) groups is 2. The van der Waals surface area contributed by atoms with Crippen LogP contribution in [-0.4, -0.2) is 23.8 Å². The maximum atomic E-state index is 12.9. The number of aliphatic hydroxyl groups is 1. The fourth-order valence-electron chi connectivity index (χ4n) is 4.05. The summed E-state index contributed by atoms with van der Waals surface area (Å²) in [6.45, 7) is 0. The van der Waals surface area contributed by atoms with Crippen molar-refractivity contribution in [3.8, 4) is 0 Å². The maximum Gasteiger partial charge on any atom is 0.263 e. The second-order valence-electron chi connectivity index (χ2n) is 7.18. The van der Waals surface area contributed by atoms with Gasteiger partial charge in [-0.25, -0.2) is 0 Å². The van der Waals surface area contributed by atoms with Crippen LogP contribution >= 0.6 is 15.9 Å². The van der Waals surface area contributed by atoms with E-state index in [1.807, 2.05) is 24.3 Å². The minimum atomic E-state index is -1.82. The van der Waals surface area contributed by atoms with Crippen molar-refractivity contribution in [3.05, 3.63) is 63.1 Å². The minimum Gasteiger partial charge on any atom is -0.375 e. The van der Waals surface area contributed by atoms with Crippen LogP contribution in [0.3, 0.4) is 0 Å². The Labute approximate surface area is 161 Å². The van der Waals surface area contributed by atoms with Crippen LogP contribution in [0.15, 0.2) is 40.9 Å². The summed E-state index contributed by atoms with van der Waals surface area (Å²) in [6.07, 6.45) is 4.11. The lowest BCUT2D eigenvalue weighted by Gasteiger charge is -2.22. The van der Waals surface area contributed by atoms with Gasteiger partial charge in [0, 0.05) is 22.6 Å². The van der Waals surface area contributed by atoms with E-state index < -0.39 is 11.5 Å². The number of fused-ring (bicyclic) bond motifs is 2. The van der Waals surface area contributed by atoms with Gasteiger partial charge in [0.15, 0.2) is 11.4 Å².